The molecular weight excluding hydrogens is 238 g/mol. The summed E-state index contributed by atoms with van der Waals surface area (Å²) in [5.41, 5.74) is 1.34. The molecule has 0 atom stereocenters. The molecule has 1 aromatic heterocycles. The van der Waals surface area contributed by atoms with Crippen LogP contribution in [-0.2, 0) is 19.4 Å². The Hall–Kier alpha value is -2.22. The van der Waals surface area contributed by atoms with Crippen molar-refractivity contribution in [3.05, 3.63) is 41.7 Å². The topological polar surface area (TPSA) is 67.4 Å². The molecule has 0 amide bonds. The molecule has 5 heteroatoms. The Bertz CT molecular complexity index is 526. The lowest BCUT2D eigenvalue weighted by atomic mass is 10.1. The number of rotatable bonds is 7. The number of hydrogen-bond acceptors (Lipinski definition) is 4. The third-order valence-electron chi connectivity index (χ3n) is 2.97. The Morgan fingerprint density at radius 1 is 1.11 bits per heavy atom. The van der Waals surface area contributed by atoms with Crippen LogP contribution in [0.1, 0.15) is 30.7 Å². The average Bonchev–Trinajstić information content (AvgIpc) is 2.88. The minimum absolute atomic E-state index is 0.545. The quantitative estimate of drug-likeness (QED) is 0.711. The van der Waals surface area contributed by atoms with Gasteiger partial charge in [0.05, 0.1) is 6.07 Å². The monoisotopic (exact) mass is 255 g/mol. The lowest BCUT2D eigenvalue weighted by Crippen LogP contribution is -2.06. The van der Waals surface area contributed by atoms with Gasteiger partial charge in [-0.2, -0.15) is 5.26 Å². The molecule has 0 fully saturated rings. The number of nitriles is 1. The first-order valence-electron chi connectivity index (χ1n) is 6.56. The fourth-order valence-electron chi connectivity index (χ4n) is 1.98. The molecule has 19 heavy (non-hydrogen) atoms. The van der Waals surface area contributed by atoms with Gasteiger partial charge >= 0.3 is 0 Å². The summed E-state index contributed by atoms with van der Waals surface area (Å²) in [5.74, 6) is 0.911. The van der Waals surface area contributed by atoms with Gasteiger partial charge in [0.2, 0.25) is 0 Å². The number of benzene rings is 1. The highest BCUT2D eigenvalue weighted by Gasteiger charge is 2.05. The highest BCUT2D eigenvalue weighted by molar-refractivity contribution is 5.14. The molecule has 98 valence electrons. The molecule has 0 aliphatic carbocycles. The van der Waals surface area contributed by atoms with E-state index < -0.39 is 0 Å². The fraction of sp³-hybridized carbons (Fsp3) is 0.429. The van der Waals surface area contributed by atoms with Gasteiger partial charge in [0.15, 0.2) is 5.82 Å². The highest BCUT2D eigenvalue weighted by atomic mass is 15.5. The molecule has 0 saturated carbocycles. The summed E-state index contributed by atoms with van der Waals surface area (Å²) in [5, 5.41) is 20.2. The van der Waals surface area contributed by atoms with Crippen LogP contribution in [0.15, 0.2) is 30.3 Å². The summed E-state index contributed by atoms with van der Waals surface area (Å²) in [6.45, 7) is 0.723. The number of aromatic nitrogens is 4. The van der Waals surface area contributed by atoms with E-state index >= 15 is 0 Å². The van der Waals surface area contributed by atoms with Crippen molar-refractivity contribution in [3.63, 3.8) is 0 Å². The first kappa shape index (κ1) is 13.2. The maximum atomic E-state index is 8.52. The number of unbranched alkanes of at least 4 members (excludes halogenated alkanes) is 1. The number of tetrazole rings is 1. The van der Waals surface area contributed by atoms with Crippen molar-refractivity contribution >= 4 is 0 Å². The molecule has 0 aliphatic heterocycles. The SMILES string of the molecule is N#CCCCn1nnnc1CCCc1ccccc1. The summed E-state index contributed by atoms with van der Waals surface area (Å²) in [6.07, 6.45) is 4.28. The molecule has 0 N–H and O–H groups in total. The molecule has 0 radical (unpaired) electrons. The first-order chi connectivity index (χ1) is 9.40. The lowest BCUT2D eigenvalue weighted by Gasteiger charge is -2.03. The maximum Gasteiger partial charge on any atom is 0.151 e. The van der Waals surface area contributed by atoms with Gasteiger partial charge in [-0.15, -0.1) is 5.10 Å². The predicted octanol–water partition coefficient (Wildman–Crippen LogP) is 2.15. The summed E-state index contributed by atoms with van der Waals surface area (Å²) in [7, 11) is 0. The van der Waals surface area contributed by atoms with Crippen LogP contribution in [0.2, 0.25) is 0 Å². The van der Waals surface area contributed by atoms with Gasteiger partial charge in [-0.05, 0) is 35.3 Å². The average molecular weight is 255 g/mol. The van der Waals surface area contributed by atoms with Crippen LogP contribution < -0.4 is 0 Å². The van der Waals surface area contributed by atoms with Crippen molar-refractivity contribution in [2.24, 2.45) is 0 Å². The Balaban J connectivity index is 1.80. The minimum Gasteiger partial charge on any atom is -0.230 e. The van der Waals surface area contributed by atoms with E-state index in [1.165, 1.54) is 5.56 Å². The van der Waals surface area contributed by atoms with Gasteiger partial charge < -0.3 is 0 Å². The molecule has 0 saturated heterocycles. The standard InChI is InChI=1S/C14H17N5/c15-11-4-5-12-19-14(16-17-18-19)10-6-9-13-7-2-1-3-8-13/h1-3,7-8H,4-6,9-10,12H2. The van der Waals surface area contributed by atoms with E-state index in [1.807, 2.05) is 10.7 Å². The molecule has 0 bridgehead atoms. The highest BCUT2D eigenvalue weighted by Crippen LogP contribution is 2.06. The van der Waals surface area contributed by atoms with E-state index in [2.05, 4.69) is 45.9 Å². The maximum absolute atomic E-state index is 8.52. The second kappa shape index (κ2) is 7.27. The molecule has 5 nitrogen and oxygen atoms in total. The Kier molecular flexibility index (Phi) is 5.06. The van der Waals surface area contributed by atoms with E-state index in [9.17, 15) is 0 Å². The Morgan fingerprint density at radius 2 is 1.95 bits per heavy atom. The van der Waals surface area contributed by atoms with Crippen LogP contribution in [0.25, 0.3) is 0 Å². The van der Waals surface area contributed by atoms with Gasteiger partial charge in [0.1, 0.15) is 0 Å². The second-order valence-electron chi connectivity index (χ2n) is 4.42. The van der Waals surface area contributed by atoms with Crippen molar-refractivity contribution in [3.8, 4) is 6.07 Å². The molecule has 0 unspecified atom stereocenters. The van der Waals surface area contributed by atoms with E-state index in [1.54, 1.807) is 0 Å². The van der Waals surface area contributed by atoms with Crippen molar-refractivity contribution in [2.75, 3.05) is 0 Å². The third-order valence-corrected chi connectivity index (χ3v) is 2.97. The number of hydrogen-bond donors (Lipinski definition) is 0. The van der Waals surface area contributed by atoms with Crippen LogP contribution >= 0.6 is 0 Å². The largest absolute Gasteiger partial charge is 0.230 e. The number of nitrogens with zero attached hydrogens (tertiary/aromatic N) is 5. The van der Waals surface area contributed by atoms with Crippen LogP contribution in [0.4, 0.5) is 0 Å². The van der Waals surface area contributed by atoms with Crippen molar-refractivity contribution in [1.29, 1.82) is 5.26 Å². The van der Waals surface area contributed by atoms with Gasteiger partial charge in [0, 0.05) is 19.4 Å². The molecule has 2 aromatic rings. The normalized spacial score (nSPS) is 10.3. The zero-order chi connectivity index (χ0) is 13.3. The van der Waals surface area contributed by atoms with E-state index in [4.69, 9.17) is 5.26 Å². The van der Waals surface area contributed by atoms with Crippen molar-refractivity contribution < 1.29 is 0 Å². The van der Waals surface area contributed by atoms with Crippen molar-refractivity contribution in [1.82, 2.24) is 20.2 Å². The van der Waals surface area contributed by atoms with Crippen LogP contribution in [0, 0.1) is 11.3 Å². The third kappa shape index (κ3) is 4.18. The van der Waals surface area contributed by atoms with Crippen molar-refractivity contribution in [2.45, 2.75) is 38.6 Å². The Labute approximate surface area is 112 Å². The van der Waals surface area contributed by atoms with Crippen LogP contribution in [0.5, 0.6) is 0 Å². The summed E-state index contributed by atoms with van der Waals surface area (Å²) >= 11 is 0. The minimum atomic E-state index is 0.545. The summed E-state index contributed by atoms with van der Waals surface area (Å²) in [6, 6.07) is 12.5. The van der Waals surface area contributed by atoms with Gasteiger partial charge in [-0.25, -0.2) is 4.68 Å². The zero-order valence-corrected chi connectivity index (χ0v) is 10.9. The van der Waals surface area contributed by atoms with Gasteiger partial charge in [0.25, 0.3) is 0 Å². The molecular formula is C14H17N5. The molecule has 0 spiro atoms. The zero-order valence-electron chi connectivity index (χ0n) is 10.9. The molecule has 1 heterocycles. The van der Waals surface area contributed by atoms with Gasteiger partial charge in [-0.1, -0.05) is 30.3 Å². The van der Waals surface area contributed by atoms with Crippen LogP contribution in [-0.4, -0.2) is 20.2 Å². The molecule has 0 aliphatic rings. The second-order valence-corrected chi connectivity index (χ2v) is 4.42. The number of aryl methyl sites for hydroxylation is 3. The smallest absolute Gasteiger partial charge is 0.151 e. The fourth-order valence-corrected chi connectivity index (χ4v) is 1.98. The lowest BCUT2D eigenvalue weighted by molar-refractivity contribution is 0.537. The molecule has 1 aromatic carbocycles. The van der Waals surface area contributed by atoms with Gasteiger partial charge in [-0.3, -0.25) is 0 Å². The van der Waals surface area contributed by atoms with Crippen LogP contribution in [0.3, 0.4) is 0 Å². The molecule has 2 rings (SSSR count). The van der Waals surface area contributed by atoms with E-state index in [-0.39, 0.29) is 0 Å². The predicted molar refractivity (Wildman–Crippen MR) is 71.1 cm³/mol. The summed E-state index contributed by atoms with van der Waals surface area (Å²) in [4.78, 5) is 0. The van der Waals surface area contributed by atoms with E-state index in [0.29, 0.717) is 6.42 Å². The first-order valence-corrected chi connectivity index (χ1v) is 6.56. The summed E-state index contributed by atoms with van der Waals surface area (Å²) < 4.78 is 1.81. The van der Waals surface area contributed by atoms with E-state index in [0.717, 1.165) is 38.1 Å². The Morgan fingerprint density at radius 3 is 2.74 bits per heavy atom.